The first-order valence-electron chi connectivity index (χ1n) is 9.68. The molecule has 162 valence electrons. The van der Waals surface area contributed by atoms with Crippen molar-refractivity contribution in [2.45, 2.75) is 26.9 Å². The van der Waals surface area contributed by atoms with Gasteiger partial charge in [-0.1, -0.05) is 44.2 Å². The number of aromatic nitrogens is 1. The number of hydrogen-bond acceptors (Lipinski definition) is 3. The van der Waals surface area contributed by atoms with Crippen LogP contribution in [0.5, 0.6) is 0 Å². The molecule has 30 heavy (non-hydrogen) atoms. The molecule has 1 heterocycles. The second-order valence-electron chi connectivity index (χ2n) is 6.84. The molecule has 3 rings (SSSR count). The van der Waals surface area contributed by atoms with Crippen LogP contribution in [-0.2, 0) is 17.3 Å². The standard InChI is InChI=1S/C20H22FN3O3S.C2H6/c1-13(21)14-5-7-15(8-6-14)18-12-24(4)19-11-16(9-10-17(18)19)20(25)22-28(26,27)23(2)3;1-2/h5-13H,1-4H3,(H,22,25);1-2H3. The molecule has 0 radical (unpaired) electrons. The van der Waals surface area contributed by atoms with Gasteiger partial charge in [0.15, 0.2) is 0 Å². The Morgan fingerprint density at radius 1 is 1.10 bits per heavy atom. The maximum Gasteiger partial charge on any atom is 0.303 e. The summed E-state index contributed by atoms with van der Waals surface area (Å²) in [6.07, 6.45) is 0.901. The molecule has 1 unspecified atom stereocenters. The van der Waals surface area contributed by atoms with E-state index in [2.05, 4.69) is 0 Å². The minimum absolute atomic E-state index is 0.243. The molecule has 0 saturated carbocycles. The van der Waals surface area contributed by atoms with E-state index in [9.17, 15) is 17.6 Å². The highest BCUT2D eigenvalue weighted by molar-refractivity contribution is 7.87. The number of halogens is 1. The average Bonchev–Trinajstić information content (AvgIpc) is 3.05. The van der Waals surface area contributed by atoms with Crippen molar-refractivity contribution in [3.63, 3.8) is 0 Å². The number of aryl methyl sites for hydroxylation is 1. The molecule has 0 saturated heterocycles. The third kappa shape index (κ3) is 4.88. The monoisotopic (exact) mass is 433 g/mol. The fraction of sp³-hybridized carbons (Fsp3) is 0.318. The fourth-order valence-electron chi connectivity index (χ4n) is 2.95. The predicted molar refractivity (Wildman–Crippen MR) is 119 cm³/mol. The average molecular weight is 434 g/mol. The van der Waals surface area contributed by atoms with Crippen LogP contribution in [0.4, 0.5) is 4.39 Å². The van der Waals surface area contributed by atoms with Crippen LogP contribution in [0.15, 0.2) is 48.7 Å². The minimum atomic E-state index is -3.86. The quantitative estimate of drug-likeness (QED) is 0.647. The van der Waals surface area contributed by atoms with Gasteiger partial charge >= 0.3 is 10.2 Å². The Kier molecular flexibility index (Phi) is 7.39. The Labute approximate surface area is 177 Å². The predicted octanol–water partition coefficient (Wildman–Crippen LogP) is 4.44. The van der Waals surface area contributed by atoms with Gasteiger partial charge in [0, 0.05) is 49.4 Å². The van der Waals surface area contributed by atoms with Gasteiger partial charge in [0.1, 0.15) is 6.17 Å². The van der Waals surface area contributed by atoms with Crippen LogP contribution in [0.2, 0.25) is 0 Å². The lowest BCUT2D eigenvalue weighted by Gasteiger charge is -2.12. The van der Waals surface area contributed by atoms with E-state index in [0.717, 1.165) is 26.3 Å². The third-order valence-electron chi connectivity index (χ3n) is 4.64. The normalized spacial score (nSPS) is 12.4. The number of nitrogens with one attached hydrogen (secondary N) is 1. The van der Waals surface area contributed by atoms with Crippen LogP contribution in [0.1, 0.15) is 42.9 Å². The molecule has 0 aliphatic carbocycles. The van der Waals surface area contributed by atoms with Gasteiger partial charge in [-0.15, -0.1) is 0 Å². The summed E-state index contributed by atoms with van der Waals surface area (Å²) in [4.78, 5) is 12.3. The number of alkyl halides is 1. The summed E-state index contributed by atoms with van der Waals surface area (Å²) in [5, 5.41) is 0.913. The van der Waals surface area contributed by atoms with Crippen LogP contribution in [0, 0.1) is 0 Å². The maximum atomic E-state index is 13.4. The molecule has 6 nitrogen and oxygen atoms in total. The second kappa shape index (κ2) is 9.40. The molecule has 0 bridgehead atoms. The van der Waals surface area contributed by atoms with Crippen molar-refractivity contribution in [2.75, 3.05) is 14.1 Å². The summed E-state index contributed by atoms with van der Waals surface area (Å²) in [7, 11) is 0.677. The number of carbonyl (C=O) groups excluding carboxylic acids is 1. The molecule has 0 aliphatic heterocycles. The van der Waals surface area contributed by atoms with Crippen molar-refractivity contribution in [3.8, 4) is 11.1 Å². The molecule has 0 fully saturated rings. The molecule has 0 spiro atoms. The summed E-state index contributed by atoms with van der Waals surface area (Å²) < 4.78 is 42.0. The SMILES string of the molecule is CC.CC(F)c1ccc(-c2cn(C)c3cc(C(=O)NS(=O)(=O)N(C)C)ccc23)cc1. The van der Waals surface area contributed by atoms with Gasteiger partial charge in [-0.05, 0) is 30.2 Å². The highest BCUT2D eigenvalue weighted by atomic mass is 32.2. The molecular formula is C22H28FN3O3S. The fourth-order valence-corrected chi connectivity index (χ4v) is 3.49. The molecule has 1 aromatic heterocycles. The Morgan fingerprint density at radius 3 is 2.23 bits per heavy atom. The Balaban J connectivity index is 0.00000155. The Morgan fingerprint density at radius 2 is 1.70 bits per heavy atom. The van der Waals surface area contributed by atoms with E-state index in [1.807, 2.05) is 48.5 Å². The van der Waals surface area contributed by atoms with Gasteiger partial charge in [-0.3, -0.25) is 4.79 Å². The third-order valence-corrected chi connectivity index (χ3v) is 6.04. The molecule has 2 aromatic carbocycles. The van der Waals surface area contributed by atoms with Gasteiger partial charge in [-0.2, -0.15) is 12.7 Å². The summed E-state index contributed by atoms with van der Waals surface area (Å²) in [6.45, 7) is 5.50. The first-order valence-corrected chi connectivity index (χ1v) is 11.1. The zero-order chi connectivity index (χ0) is 22.6. The number of amides is 1. The number of hydrogen-bond donors (Lipinski definition) is 1. The molecular weight excluding hydrogens is 405 g/mol. The number of fused-ring (bicyclic) bond motifs is 1. The lowest BCUT2D eigenvalue weighted by Crippen LogP contribution is -2.39. The summed E-state index contributed by atoms with van der Waals surface area (Å²) >= 11 is 0. The van der Waals surface area contributed by atoms with E-state index in [1.54, 1.807) is 30.3 Å². The van der Waals surface area contributed by atoms with E-state index < -0.39 is 22.3 Å². The number of benzene rings is 2. The van der Waals surface area contributed by atoms with Crippen molar-refractivity contribution in [2.24, 2.45) is 7.05 Å². The summed E-state index contributed by atoms with van der Waals surface area (Å²) in [6, 6.07) is 12.3. The van der Waals surface area contributed by atoms with Crippen molar-refractivity contribution in [3.05, 3.63) is 59.8 Å². The first-order chi connectivity index (χ1) is 14.1. The smallest absolute Gasteiger partial charge is 0.303 e. The van der Waals surface area contributed by atoms with Gasteiger partial charge in [0.05, 0.1) is 0 Å². The van der Waals surface area contributed by atoms with Crippen LogP contribution >= 0.6 is 0 Å². The van der Waals surface area contributed by atoms with Gasteiger partial charge in [0.25, 0.3) is 5.91 Å². The summed E-state index contributed by atoms with van der Waals surface area (Å²) in [5.74, 6) is -0.695. The van der Waals surface area contributed by atoms with E-state index in [0.29, 0.717) is 5.56 Å². The summed E-state index contributed by atoms with van der Waals surface area (Å²) in [5.41, 5.74) is 3.52. The van der Waals surface area contributed by atoms with Crippen molar-refractivity contribution >= 4 is 27.0 Å². The first kappa shape index (κ1) is 23.6. The van der Waals surface area contributed by atoms with E-state index >= 15 is 0 Å². The topological polar surface area (TPSA) is 71.4 Å². The van der Waals surface area contributed by atoms with E-state index in [4.69, 9.17) is 0 Å². The molecule has 1 amide bonds. The van der Waals surface area contributed by atoms with Crippen molar-refractivity contribution in [1.82, 2.24) is 13.6 Å². The van der Waals surface area contributed by atoms with Gasteiger partial charge in [0.2, 0.25) is 0 Å². The number of rotatable bonds is 5. The maximum absolute atomic E-state index is 13.4. The number of carbonyl (C=O) groups is 1. The van der Waals surface area contributed by atoms with Gasteiger partial charge in [-0.25, -0.2) is 9.11 Å². The van der Waals surface area contributed by atoms with Crippen LogP contribution < -0.4 is 4.72 Å². The number of nitrogens with zero attached hydrogens (tertiary/aromatic N) is 2. The molecule has 8 heteroatoms. The molecule has 1 atom stereocenters. The molecule has 3 aromatic rings. The van der Waals surface area contributed by atoms with E-state index in [1.165, 1.54) is 21.0 Å². The van der Waals surface area contributed by atoms with Gasteiger partial charge < -0.3 is 4.57 Å². The lowest BCUT2D eigenvalue weighted by atomic mass is 10.0. The van der Waals surface area contributed by atoms with Crippen molar-refractivity contribution < 1.29 is 17.6 Å². The minimum Gasteiger partial charge on any atom is -0.350 e. The van der Waals surface area contributed by atoms with Crippen LogP contribution in [-0.4, -0.2) is 37.3 Å². The van der Waals surface area contributed by atoms with Crippen LogP contribution in [0.3, 0.4) is 0 Å². The Hall–Kier alpha value is -2.71. The molecule has 1 N–H and O–H groups in total. The van der Waals surface area contributed by atoms with E-state index in [-0.39, 0.29) is 5.56 Å². The van der Waals surface area contributed by atoms with Crippen molar-refractivity contribution in [1.29, 1.82) is 0 Å². The zero-order valence-electron chi connectivity index (χ0n) is 18.1. The largest absolute Gasteiger partial charge is 0.350 e. The van der Waals surface area contributed by atoms with Crippen LogP contribution in [0.25, 0.3) is 22.0 Å². The molecule has 0 aliphatic rings. The lowest BCUT2D eigenvalue weighted by molar-refractivity contribution is 0.0980. The Bertz CT molecular complexity index is 1130. The highest BCUT2D eigenvalue weighted by Gasteiger charge is 2.19. The highest BCUT2D eigenvalue weighted by Crippen LogP contribution is 2.32. The second-order valence-corrected chi connectivity index (χ2v) is 8.73. The zero-order valence-corrected chi connectivity index (χ0v) is 18.9.